The van der Waals surface area contributed by atoms with Gasteiger partial charge in [-0.05, 0) is 61.2 Å². The van der Waals surface area contributed by atoms with Crippen LogP contribution in [0.2, 0.25) is 5.28 Å². The summed E-state index contributed by atoms with van der Waals surface area (Å²) in [4.78, 5) is 16.2. The maximum absolute atomic E-state index is 6.39. The number of rotatable bonds is 4. The number of piperazine rings is 1. The third-order valence-corrected chi connectivity index (χ3v) is 7.65. The Labute approximate surface area is 203 Å². The van der Waals surface area contributed by atoms with Crippen LogP contribution in [0.15, 0.2) is 42.5 Å². The number of halogens is 1. The van der Waals surface area contributed by atoms with Gasteiger partial charge in [0.15, 0.2) is 0 Å². The van der Waals surface area contributed by atoms with E-state index in [0.717, 1.165) is 53.7 Å². The summed E-state index contributed by atoms with van der Waals surface area (Å²) in [5.74, 6) is 1.84. The molecule has 1 fully saturated rings. The van der Waals surface area contributed by atoms with Crippen LogP contribution < -0.4 is 14.5 Å². The van der Waals surface area contributed by atoms with Gasteiger partial charge in [0, 0.05) is 36.6 Å². The summed E-state index contributed by atoms with van der Waals surface area (Å²) < 4.78 is 5.58. The van der Waals surface area contributed by atoms with Gasteiger partial charge in [0.25, 0.3) is 0 Å². The average molecular weight is 479 g/mol. The van der Waals surface area contributed by atoms with Crippen molar-refractivity contribution in [2.24, 2.45) is 0 Å². The first kappa shape index (κ1) is 22.0. The van der Waals surface area contributed by atoms with Crippen molar-refractivity contribution >= 4 is 44.7 Å². The molecule has 4 aromatic rings. The fraction of sp³-hybridized carbons (Fsp3) is 0.308. The molecule has 5 rings (SSSR count). The van der Waals surface area contributed by atoms with E-state index in [1.165, 1.54) is 27.1 Å². The molecule has 5 nitrogen and oxygen atoms in total. The lowest BCUT2D eigenvalue weighted by atomic mass is 9.99. The van der Waals surface area contributed by atoms with Crippen LogP contribution in [0.4, 0.5) is 11.5 Å². The zero-order chi connectivity index (χ0) is 23.1. The predicted octanol–water partition coefficient (Wildman–Crippen LogP) is 6.27. The van der Waals surface area contributed by atoms with E-state index >= 15 is 0 Å². The van der Waals surface area contributed by atoms with Gasteiger partial charge in [-0.1, -0.05) is 30.3 Å². The highest BCUT2D eigenvalue weighted by Crippen LogP contribution is 2.43. The van der Waals surface area contributed by atoms with E-state index in [1.807, 2.05) is 12.1 Å². The highest BCUT2D eigenvalue weighted by molar-refractivity contribution is 7.19. The molecule has 7 heteroatoms. The quantitative estimate of drug-likeness (QED) is 0.323. The maximum Gasteiger partial charge on any atom is 0.225 e. The molecule has 170 valence electrons. The van der Waals surface area contributed by atoms with Crippen LogP contribution in [0.3, 0.4) is 0 Å². The summed E-state index contributed by atoms with van der Waals surface area (Å²) in [7, 11) is 1.72. The second kappa shape index (κ2) is 8.84. The molecule has 0 saturated carbocycles. The molecule has 33 heavy (non-hydrogen) atoms. The van der Waals surface area contributed by atoms with Crippen molar-refractivity contribution in [3.05, 3.63) is 63.8 Å². The minimum absolute atomic E-state index is 0.303. The number of methoxy groups -OCH3 is 1. The molecule has 0 bridgehead atoms. The van der Waals surface area contributed by atoms with Crippen LogP contribution in [0, 0.1) is 20.8 Å². The summed E-state index contributed by atoms with van der Waals surface area (Å²) >= 11 is 8.08. The summed E-state index contributed by atoms with van der Waals surface area (Å²) in [5.41, 5.74) is 6.14. The van der Waals surface area contributed by atoms with Gasteiger partial charge in [-0.3, -0.25) is 0 Å². The van der Waals surface area contributed by atoms with E-state index in [1.54, 1.807) is 18.4 Å². The molecule has 0 atom stereocenters. The average Bonchev–Trinajstić information content (AvgIpc) is 3.15. The second-order valence-corrected chi connectivity index (χ2v) is 10.0. The highest BCUT2D eigenvalue weighted by Gasteiger charge is 2.26. The van der Waals surface area contributed by atoms with Gasteiger partial charge < -0.3 is 14.5 Å². The van der Waals surface area contributed by atoms with E-state index in [2.05, 4.69) is 65.9 Å². The molecular formula is C26H27ClN4OS. The number of aryl methyl sites for hydroxylation is 3. The molecule has 1 aliphatic rings. The van der Waals surface area contributed by atoms with E-state index in [9.17, 15) is 0 Å². The van der Waals surface area contributed by atoms with Gasteiger partial charge >= 0.3 is 0 Å². The normalized spacial score (nSPS) is 14.2. The van der Waals surface area contributed by atoms with E-state index in [0.29, 0.717) is 5.28 Å². The van der Waals surface area contributed by atoms with Gasteiger partial charge in [0.2, 0.25) is 5.28 Å². The minimum Gasteiger partial charge on any atom is -0.495 e. The Morgan fingerprint density at radius 1 is 0.909 bits per heavy atom. The molecule has 0 radical (unpaired) electrons. The van der Waals surface area contributed by atoms with Crippen LogP contribution in [-0.2, 0) is 0 Å². The lowest BCUT2D eigenvalue weighted by Crippen LogP contribution is -2.47. The highest BCUT2D eigenvalue weighted by atomic mass is 35.5. The topological polar surface area (TPSA) is 41.5 Å². The first-order valence-corrected chi connectivity index (χ1v) is 12.3. The fourth-order valence-electron chi connectivity index (χ4n) is 4.59. The van der Waals surface area contributed by atoms with Crippen molar-refractivity contribution in [3.8, 4) is 16.9 Å². The summed E-state index contributed by atoms with van der Waals surface area (Å²) in [5, 5.41) is 1.41. The van der Waals surface area contributed by atoms with Crippen molar-refractivity contribution in [2.75, 3.05) is 43.1 Å². The van der Waals surface area contributed by atoms with Gasteiger partial charge in [-0.25, -0.2) is 4.98 Å². The van der Waals surface area contributed by atoms with Crippen molar-refractivity contribution in [2.45, 2.75) is 20.8 Å². The molecule has 1 saturated heterocycles. The van der Waals surface area contributed by atoms with Crippen LogP contribution in [0.1, 0.15) is 16.0 Å². The fourth-order valence-corrected chi connectivity index (χ4v) is 5.85. The maximum atomic E-state index is 6.39. The Hall–Kier alpha value is -2.83. The zero-order valence-corrected chi connectivity index (χ0v) is 20.9. The number of benzene rings is 2. The molecule has 3 heterocycles. The van der Waals surface area contributed by atoms with Gasteiger partial charge in [0.05, 0.1) is 18.2 Å². The SMILES string of the molecule is COc1ccccc1N1CCN(c2nc(Cl)nc3sc(C)c(-c4ccc(C)c(C)c4)c23)CC1. The number of hydrogen-bond donors (Lipinski definition) is 0. The standard InChI is InChI=1S/C26H27ClN4OS/c1-16-9-10-19(15-17(16)2)22-18(3)33-25-23(22)24(28-26(27)29-25)31-13-11-30(12-14-31)20-7-5-6-8-21(20)32-4/h5-10,15H,11-14H2,1-4H3. The number of nitrogens with zero attached hydrogens (tertiary/aromatic N) is 4. The third kappa shape index (κ3) is 4.02. The Morgan fingerprint density at radius 3 is 2.36 bits per heavy atom. The number of thiophene rings is 1. The third-order valence-electron chi connectivity index (χ3n) is 6.48. The molecule has 2 aromatic heterocycles. The number of anilines is 2. The first-order chi connectivity index (χ1) is 16.0. The molecule has 2 aromatic carbocycles. The monoisotopic (exact) mass is 478 g/mol. The molecule has 0 spiro atoms. The Bertz CT molecular complexity index is 1330. The van der Waals surface area contributed by atoms with E-state index < -0.39 is 0 Å². The Balaban J connectivity index is 1.53. The van der Waals surface area contributed by atoms with Crippen LogP contribution in [0.25, 0.3) is 21.3 Å². The number of hydrogen-bond acceptors (Lipinski definition) is 6. The van der Waals surface area contributed by atoms with Gasteiger partial charge in [-0.2, -0.15) is 4.98 Å². The number of ether oxygens (including phenoxy) is 1. The zero-order valence-electron chi connectivity index (χ0n) is 19.4. The van der Waals surface area contributed by atoms with Crippen molar-refractivity contribution in [3.63, 3.8) is 0 Å². The van der Waals surface area contributed by atoms with E-state index in [-0.39, 0.29) is 0 Å². The number of fused-ring (bicyclic) bond motifs is 1. The lowest BCUT2D eigenvalue weighted by molar-refractivity contribution is 0.413. The molecule has 0 N–H and O–H groups in total. The number of para-hydroxylation sites is 2. The predicted molar refractivity (Wildman–Crippen MR) is 139 cm³/mol. The van der Waals surface area contributed by atoms with Crippen LogP contribution >= 0.6 is 22.9 Å². The van der Waals surface area contributed by atoms with Crippen LogP contribution in [-0.4, -0.2) is 43.3 Å². The lowest BCUT2D eigenvalue weighted by Gasteiger charge is -2.37. The second-order valence-electron chi connectivity index (χ2n) is 8.47. The summed E-state index contributed by atoms with van der Waals surface area (Å²) in [6.07, 6.45) is 0. The van der Waals surface area contributed by atoms with Gasteiger partial charge in [-0.15, -0.1) is 11.3 Å². The largest absolute Gasteiger partial charge is 0.495 e. The summed E-state index contributed by atoms with van der Waals surface area (Å²) in [6.45, 7) is 9.93. The Morgan fingerprint density at radius 2 is 1.64 bits per heavy atom. The van der Waals surface area contributed by atoms with Crippen molar-refractivity contribution < 1.29 is 4.74 Å². The number of aromatic nitrogens is 2. The summed E-state index contributed by atoms with van der Waals surface area (Å²) in [6, 6.07) is 14.9. The van der Waals surface area contributed by atoms with E-state index in [4.69, 9.17) is 21.3 Å². The Kier molecular flexibility index (Phi) is 5.89. The first-order valence-electron chi connectivity index (χ1n) is 11.1. The minimum atomic E-state index is 0.303. The van der Waals surface area contributed by atoms with Gasteiger partial charge in [0.1, 0.15) is 16.4 Å². The molecular weight excluding hydrogens is 452 g/mol. The molecule has 0 aliphatic carbocycles. The smallest absolute Gasteiger partial charge is 0.225 e. The molecule has 0 amide bonds. The molecule has 1 aliphatic heterocycles. The molecule has 0 unspecified atom stereocenters. The van der Waals surface area contributed by atoms with Crippen molar-refractivity contribution in [1.29, 1.82) is 0 Å². The van der Waals surface area contributed by atoms with Crippen LogP contribution in [0.5, 0.6) is 5.75 Å². The van der Waals surface area contributed by atoms with Crippen molar-refractivity contribution in [1.82, 2.24) is 9.97 Å².